The topological polar surface area (TPSA) is 96.6 Å². The van der Waals surface area contributed by atoms with Crippen LogP contribution in [0.15, 0.2) is 35.6 Å². The number of aliphatic carboxylic acids is 1. The predicted molar refractivity (Wildman–Crippen MR) is 97.8 cm³/mol. The van der Waals surface area contributed by atoms with Gasteiger partial charge in [-0.25, -0.2) is 14.6 Å². The first-order valence-corrected chi connectivity index (χ1v) is 9.50. The molecule has 0 aliphatic carbocycles. The van der Waals surface area contributed by atoms with Gasteiger partial charge in [-0.1, -0.05) is 60.5 Å². The zero-order chi connectivity index (χ0) is 18.5. The molecule has 1 atom stereocenters. The summed E-state index contributed by atoms with van der Waals surface area (Å²) in [6.07, 6.45) is 3.65. The van der Waals surface area contributed by atoms with E-state index in [1.807, 2.05) is 31.2 Å². The van der Waals surface area contributed by atoms with Crippen molar-refractivity contribution in [1.29, 1.82) is 0 Å². The second-order valence-electron chi connectivity index (χ2n) is 5.79. The molecule has 3 aromatic rings. The summed E-state index contributed by atoms with van der Waals surface area (Å²) < 4.78 is 1.66. The number of nitrogens with zero attached hydrogens (tertiary/aromatic N) is 5. The number of carbonyl (C=O) groups is 1. The van der Waals surface area contributed by atoms with Crippen molar-refractivity contribution >= 4 is 40.5 Å². The maximum atomic E-state index is 11.4. The Morgan fingerprint density at radius 1 is 1.31 bits per heavy atom. The third-order valence-corrected chi connectivity index (χ3v) is 5.34. The molecular formula is C17H17ClN5O2S-. The molecule has 0 fully saturated rings. The molecule has 0 aliphatic rings. The average Bonchev–Trinajstić information content (AvgIpc) is 3.04. The Morgan fingerprint density at radius 3 is 2.77 bits per heavy atom. The maximum absolute atomic E-state index is 11.4. The zero-order valence-corrected chi connectivity index (χ0v) is 15.7. The minimum atomic E-state index is -1.09. The number of carboxylic acids is 1. The van der Waals surface area contributed by atoms with Crippen molar-refractivity contribution in [1.82, 2.24) is 25.0 Å². The molecule has 0 amide bonds. The van der Waals surface area contributed by atoms with Gasteiger partial charge in [0.05, 0.1) is 17.8 Å². The highest BCUT2D eigenvalue weighted by atomic mass is 35.5. The van der Waals surface area contributed by atoms with Gasteiger partial charge in [-0.3, -0.25) is 0 Å². The van der Waals surface area contributed by atoms with E-state index in [0.29, 0.717) is 34.2 Å². The lowest BCUT2D eigenvalue weighted by molar-refractivity contribution is -0.304. The fraction of sp³-hybridized carbons (Fsp3) is 0.353. The van der Waals surface area contributed by atoms with Crippen LogP contribution in [0.4, 0.5) is 0 Å². The van der Waals surface area contributed by atoms with Crippen LogP contribution in [0.1, 0.15) is 31.7 Å². The van der Waals surface area contributed by atoms with E-state index in [2.05, 4.69) is 20.3 Å². The Morgan fingerprint density at radius 2 is 2.08 bits per heavy atom. The van der Waals surface area contributed by atoms with Crippen molar-refractivity contribution in [3.63, 3.8) is 0 Å². The number of hydrogen-bond donors (Lipinski definition) is 0. The summed E-state index contributed by atoms with van der Waals surface area (Å²) in [6.45, 7) is 2.50. The van der Waals surface area contributed by atoms with E-state index in [9.17, 15) is 9.90 Å². The van der Waals surface area contributed by atoms with E-state index in [1.54, 1.807) is 4.68 Å². The molecule has 26 heavy (non-hydrogen) atoms. The first kappa shape index (κ1) is 18.6. The van der Waals surface area contributed by atoms with E-state index in [0.717, 1.165) is 30.2 Å². The molecular weight excluding hydrogens is 374 g/mol. The van der Waals surface area contributed by atoms with E-state index in [-0.39, 0.29) is 0 Å². The number of benzene rings is 1. The molecule has 136 valence electrons. The highest BCUT2D eigenvalue weighted by Crippen LogP contribution is 2.29. The Balaban J connectivity index is 1.85. The molecule has 7 nitrogen and oxygen atoms in total. The quantitative estimate of drug-likeness (QED) is 0.430. The first-order valence-electron chi connectivity index (χ1n) is 8.24. The molecule has 0 aliphatic heterocycles. The summed E-state index contributed by atoms with van der Waals surface area (Å²) in [7, 11) is 0. The minimum absolute atomic E-state index is 0.481. The van der Waals surface area contributed by atoms with Gasteiger partial charge in [0.1, 0.15) is 11.4 Å². The number of halogens is 1. The highest BCUT2D eigenvalue weighted by molar-refractivity contribution is 8.00. The summed E-state index contributed by atoms with van der Waals surface area (Å²) in [5.41, 5.74) is 2.06. The van der Waals surface area contributed by atoms with Crippen molar-refractivity contribution in [3.8, 4) is 0 Å². The number of carbonyl (C=O) groups excluding carboxylic acids is 1. The zero-order valence-electron chi connectivity index (χ0n) is 14.1. The smallest absolute Gasteiger partial charge is 0.183 e. The monoisotopic (exact) mass is 390 g/mol. The molecule has 0 bridgehead atoms. The largest absolute Gasteiger partial charge is 0.549 e. The third-order valence-electron chi connectivity index (χ3n) is 3.85. The van der Waals surface area contributed by atoms with Gasteiger partial charge < -0.3 is 9.90 Å². The lowest BCUT2D eigenvalue weighted by Crippen LogP contribution is -2.33. The van der Waals surface area contributed by atoms with Crippen LogP contribution in [0.2, 0.25) is 5.02 Å². The lowest BCUT2D eigenvalue weighted by atomic mass is 10.2. The summed E-state index contributed by atoms with van der Waals surface area (Å²) in [5, 5.41) is 20.2. The molecule has 2 aromatic heterocycles. The number of fused-ring (bicyclic) bond motifs is 1. The SMILES string of the molecule is CCCC[C@@H](Sc1ncnc2c1nnn2Cc1ccc(Cl)cc1)C(=O)[O-]. The van der Waals surface area contributed by atoms with Gasteiger partial charge in [0, 0.05) is 5.02 Å². The van der Waals surface area contributed by atoms with Gasteiger partial charge in [-0.15, -0.1) is 5.10 Å². The van der Waals surface area contributed by atoms with Gasteiger partial charge in [-0.2, -0.15) is 0 Å². The van der Waals surface area contributed by atoms with Crippen LogP contribution in [0.25, 0.3) is 11.2 Å². The molecule has 3 rings (SSSR count). The van der Waals surface area contributed by atoms with Crippen molar-refractivity contribution < 1.29 is 9.90 Å². The number of rotatable bonds is 8. The predicted octanol–water partition coefficient (Wildman–Crippen LogP) is 2.32. The number of hydrogen-bond acceptors (Lipinski definition) is 7. The van der Waals surface area contributed by atoms with Crippen molar-refractivity contribution in [2.75, 3.05) is 0 Å². The number of aromatic nitrogens is 5. The van der Waals surface area contributed by atoms with E-state index in [1.165, 1.54) is 6.33 Å². The fourth-order valence-corrected chi connectivity index (χ4v) is 3.60. The lowest BCUT2D eigenvalue weighted by Gasteiger charge is -2.16. The molecule has 0 radical (unpaired) electrons. The van der Waals surface area contributed by atoms with Crippen LogP contribution in [0.3, 0.4) is 0 Å². The Labute approximate surface area is 159 Å². The van der Waals surface area contributed by atoms with E-state index in [4.69, 9.17) is 11.6 Å². The third kappa shape index (κ3) is 4.31. The molecule has 0 saturated carbocycles. The molecule has 0 spiro atoms. The van der Waals surface area contributed by atoms with Gasteiger partial charge in [0.2, 0.25) is 0 Å². The summed E-state index contributed by atoms with van der Waals surface area (Å²) >= 11 is 7.05. The highest BCUT2D eigenvalue weighted by Gasteiger charge is 2.18. The Kier molecular flexibility index (Phi) is 6.05. The summed E-state index contributed by atoms with van der Waals surface area (Å²) in [4.78, 5) is 19.8. The van der Waals surface area contributed by atoms with E-state index < -0.39 is 11.2 Å². The molecule has 0 unspecified atom stereocenters. The average molecular weight is 391 g/mol. The summed E-state index contributed by atoms with van der Waals surface area (Å²) in [6, 6.07) is 7.43. The molecule has 0 N–H and O–H groups in total. The Bertz CT molecular complexity index is 900. The normalized spacial score (nSPS) is 12.4. The molecule has 9 heteroatoms. The van der Waals surface area contributed by atoms with Crippen LogP contribution < -0.4 is 5.11 Å². The standard InChI is InChI=1S/C17H18ClN5O2S/c1-2-3-4-13(17(24)25)26-16-14-15(19-10-20-16)23(22-21-14)9-11-5-7-12(18)8-6-11/h5-8,10,13H,2-4,9H2,1H3,(H,24,25)/p-1/t13-/m1/s1. The van der Waals surface area contributed by atoms with E-state index >= 15 is 0 Å². The number of carboxylic acid groups (broad SMARTS) is 1. The first-order chi connectivity index (χ1) is 12.6. The van der Waals surface area contributed by atoms with Crippen molar-refractivity contribution in [2.45, 2.75) is 43.0 Å². The van der Waals surface area contributed by atoms with Gasteiger partial charge in [-0.05, 0) is 24.1 Å². The number of thioether (sulfide) groups is 1. The second-order valence-corrected chi connectivity index (χ2v) is 7.42. The number of unbranched alkanes of at least 4 members (excludes halogenated alkanes) is 1. The van der Waals surface area contributed by atoms with Crippen LogP contribution in [0.5, 0.6) is 0 Å². The summed E-state index contributed by atoms with van der Waals surface area (Å²) in [5.74, 6) is -1.09. The maximum Gasteiger partial charge on any atom is 0.183 e. The van der Waals surface area contributed by atoms with Crippen LogP contribution in [-0.2, 0) is 11.3 Å². The second kappa shape index (κ2) is 8.46. The Hall–Kier alpha value is -2.19. The molecule has 1 aromatic carbocycles. The van der Waals surface area contributed by atoms with Gasteiger partial charge in [0.15, 0.2) is 11.2 Å². The molecule has 2 heterocycles. The molecule has 0 saturated heterocycles. The minimum Gasteiger partial charge on any atom is -0.549 e. The van der Waals surface area contributed by atoms with Crippen molar-refractivity contribution in [2.24, 2.45) is 0 Å². The van der Waals surface area contributed by atoms with Gasteiger partial charge in [0.25, 0.3) is 0 Å². The fourth-order valence-electron chi connectivity index (χ4n) is 2.48. The van der Waals surface area contributed by atoms with Gasteiger partial charge >= 0.3 is 0 Å². The van der Waals surface area contributed by atoms with Crippen LogP contribution in [-0.4, -0.2) is 36.2 Å². The van der Waals surface area contributed by atoms with Crippen LogP contribution >= 0.6 is 23.4 Å². The van der Waals surface area contributed by atoms with Crippen molar-refractivity contribution in [3.05, 3.63) is 41.2 Å². The van der Waals surface area contributed by atoms with Crippen LogP contribution in [0, 0.1) is 0 Å².